The van der Waals surface area contributed by atoms with E-state index in [0.717, 1.165) is 0 Å². The van der Waals surface area contributed by atoms with Gasteiger partial charge in [-0.1, -0.05) is 0 Å². The summed E-state index contributed by atoms with van der Waals surface area (Å²) in [5.41, 5.74) is -3.56. The molecule has 0 aliphatic rings. The number of carbonyl (C=O) groups is 2. The highest BCUT2D eigenvalue weighted by atomic mass is 16.6. The molecule has 0 fully saturated rings. The molecule has 128 valence electrons. The smallest absolute Gasteiger partial charge is 0.335 e. The molecule has 6 nitrogen and oxygen atoms in total. The molecule has 0 heterocycles. The Morgan fingerprint density at radius 2 is 0.818 bits per heavy atom. The molecule has 0 saturated heterocycles. The van der Waals surface area contributed by atoms with Gasteiger partial charge in [-0.05, 0) is 69.2 Å². The third-order valence-electron chi connectivity index (χ3n) is 2.35. The van der Waals surface area contributed by atoms with E-state index in [1.165, 1.54) is 0 Å². The van der Waals surface area contributed by atoms with Crippen LogP contribution in [0, 0.1) is 0 Å². The summed E-state index contributed by atoms with van der Waals surface area (Å²) in [5, 5.41) is 8.03. The SMILES string of the molecule is CC(C)(C)OC(=O)C(C)(C)N=NC(C)(C)C(=O)OC(C)(C)C. The maximum atomic E-state index is 12.1. The summed E-state index contributed by atoms with van der Waals surface area (Å²) in [6.07, 6.45) is 0. The van der Waals surface area contributed by atoms with Crippen molar-refractivity contribution in [1.82, 2.24) is 0 Å². The summed E-state index contributed by atoms with van der Waals surface area (Å²) in [6, 6.07) is 0. The lowest BCUT2D eigenvalue weighted by Crippen LogP contribution is -2.40. The van der Waals surface area contributed by atoms with Crippen LogP contribution >= 0.6 is 0 Å². The van der Waals surface area contributed by atoms with Gasteiger partial charge in [-0.15, -0.1) is 0 Å². The molecular formula is C16H30N2O4. The molecule has 0 atom stereocenters. The standard InChI is InChI=1S/C16H30N2O4/c1-13(2,3)21-11(19)15(7,8)17-18-16(9,10)12(20)22-14(4,5)6/h1-10H3. The minimum atomic E-state index is -1.17. The van der Waals surface area contributed by atoms with Crippen LogP contribution < -0.4 is 0 Å². The van der Waals surface area contributed by atoms with Crippen LogP contribution in [0.15, 0.2) is 10.2 Å². The minimum absolute atomic E-state index is 0.497. The van der Waals surface area contributed by atoms with Gasteiger partial charge < -0.3 is 9.47 Å². The monoisotopic (exact) mass is 314 g/mol. The number of ether oxygens (including phenoxy) is 2. The first-order valence-electron chi connectivity index (χ1n) is 7.37. The predicted octanol–water partition coefficient (Wildman–Crippen LogP) is 3.68. The Morgan fingerprint density at radius 3 is 1.00 bits per heavy atom. The Morgan fingerprint density at radius 1 is 0.591 bits per heavy atom. The third kappa shape index (κ3) is 7.52. The van der Waals surface area contributed by atoms with Crippen molar-refractivity contribution < 1.29 is 19.1 Å². The van der Waals surface area contributed by atoms with E-state index in [4.69, 9.17) is 9.47 Å². The molecule has 22 heavy (non-hydrogen) atoms. The first-order chi connectivity index (χ1) is 9.46. The molecule has 0 N–H and O–H groups in total. The number of hydrogen-bond donors (Lipinski definition) is 0. The molecular weight excluding hydrogens is 284 g/mol. The molecule has 0 aromatic rings. The van der Waals surface area contributed by atoms with Crippen LogP contribution in [-0.2, 0) is 19.1 Å². The fourth-order valence-electron chi connectivity index (χ4n) is 1.14. The zero-order valence-corrected chi connectivity index (χ0v) is 15.5. The number of esters is 2. The maximum Gasteiger partial charge on any atom is 0.335 e. The highest BCUT2D eigenvalue weighted by Gasteiger charge is 2.37. The highest BCUT2D eigenvalue weighted by Crippen LogP contribution is 2.22. The summed E-state index contributed by atoms with van der Waals surface area (Å²) in [5.74, 6) is -0.993. The number of azo groups is 1. The average molecular weight is 314 g/mol. The summed E-state index contributed by atoms with van der Waals surface area (Å²) in [7, 11) is 0. The molecule has 0 aromatic heterocycles. The van der Waals surface area contributed by atoms with Crippen molar-refractivity contribution >= 4 is 11.9 Å². The number of rotatable bonds is 4. The van der Waals surface area contributed by atoms with Crippen LogP contribution in [0.2, 0.25) is 0 Å². The second kappa shape index (κ2) is 6.34. The molecule has 6 heteroatoms. The van der Waals surface area contributed by atoms with E-state index in [9.17, 15) is 9.59 Å². The topological polar surface area (TPSA) is 77.3 Å². The number of nitrogens with zero attached hydrogens (tertiary/aromatic N) is 2. The van der Waals surface area contributed by atoms with Crippen molar-refractivity contribution in [2.75, 3.05) is 0 Å². The van der Waals surface area contributed by atoms with E-state index < -0.39 is 34.2 Å². The van der Waals surface area contributed by atoms with Gasteiger partial charge in [0.05, 0.1) is 0 Å². The van der Waals surface area contributed by atoms with E-state index >= 15 is 0 Å². The molecule has 0 aromatic carbocycles. The summed E-state index contributed by atoms with van der Waals surface area (Å²) in [4.78, 5) is 24.2. The lowest BCUT2D eigenvalue weighted by atomic mass is 10.1. The quantitative estimate of drug-likeness (QED) is 0.586. The Bertz CT molecular complexity index is 410. The second-order valence-electron chi connectivity index (χ2n) is 8.32. The molecule has 0 radical (unpaired) electrons. The summed E-state index contributed by atoms with van der Waals surface area (Å²) < 4.78 is 10.6. The van der Waals surface area contributed by atoms with Gasteiger partial charge >= 0.3 is 11.9 Å². The first kappa shape index (κ1) is 20.5. The largest absolute Gasteiger partial charge is 0.458 e. The molecule has 0 aliphatic carbocycles. The molecule has 0 rings (SSSR count). The lowest BCUT2D eigenvalue weighted by Gasteiger charge is -2.27. The Hall–Kier alpha value is -1.46. The third-order valence-corrected chi connectivity index (χ3v) is 2.35. The van der Waals surface area contributed by atoms with Crippen LogP contribution in [0.5, 0.6) is 0 Å². The summed E-state index contributed by atoms with van der Waals surface area (Å²) >= 11 is 0. The van der Waals surface area contributed by atoms with E-state index in [1.54, 1.807) is 69.2 Å². The van der Waals surface area contributed by atoms with Gasteiger partial charge in [-0.25, -0.2) is 9.59 Å². The second-order valence-corrected chi connectivity index (χ2v) is 8.32. The maximum absolute atomic E-state index is 12.1. The van der Waals surface area contributed by atoms with Gasteiger partial charge in [-0.2, -0.15) is 10.2 Å². The van der Waals surface area contributed by atoms with Gasteiger partial charge in [0.1, 0.15) is 11.2 Å². The number of carbonyl (C=O) groups excluding carboxylic acids is 2. The van der Waals surface area contributed by atoms with Crippen molar-refractivity contribution in [3.8, 4) is 0 Å². The minimum Gasteiger partial charge on any atom is -0.458 e. The predicted molar refractivity (Wildman–Crippen MR) is 84.7 cm³/mol. The van der Waals surface area contributed by atoms with E-state index in [1.807, 2.05) is 0 Å². The summed E-state index contributed by atoms with van der Waals surface area (Å²) in [6.45, 7) is 17.1. The van der Waals surface area contributed by atoms with Gasteiger partial charge in [0.15, 0.2) is 11.1 Å². The van der Waals surface area contributed by atoms with Crippen molar-refractivity contribution in [3.05, 3.63) is 0 Å². The number of hydrogen-bond acceptors (Lipinski definition) is 6. The first-order valence-corrected chi connectivity index (χ1v) is 7.37. The molecule has 0 unspecified atom stereocenters. The van der Waals surface area contributed by atoms with Gasteiger partial charge in [0, 0.05) is 0 Å². The van der Waals surface area contributed by atoms with Crippen molar-refractivity contribution in [2.45, 2.75) is 91.5 Å². The van der Waals surface area contributed by atoms with Crippen molar-refractivity contribution in [3.63, 3.8) is 0 Å². The zero-order valence-electron chi connectivity index (χ0n) is 15.5. The lowest BCUT2D eigenvalue weighted by molar-refractivity contribution is -0.162. The fourth-order valence-corrected chi connectivity index (χ4v) is 1.14. The Labute approximate surface area is 133 Å². The van der Waals surface area contributed by atoms with Crippen LogP contribution in [0.4, 0.5) is 0 Å². The molecule has 0 saturated carbocycles. The van der Waals surface area contributed by atoms with Gasteiger partial charge in [0.2, 0.25) is 0 Å². The van der Waals surface area contributed by atoms with E-state index in [-0.39, 0.29) is 0 Å². The highest BCUT2D eigenvalue weighted by molar-refractivity contribution is 5.81. The van der Waals surface area contributed by atoms with Crippen molar-refractivity contribution in [2.24, 2.45) is 10.2 Å². The molecule has 0 amide bonds. The Balaban J connectivity index is 5.07. The fraction of sp³-hybridized carbons (Fsp3) is 0.875. The Kier molecular flexibility index (Phi) is 5.92. The molecule has 0 aliphatic heterocycles. The zero-order chi connectivity index (χ0) is 18.0. The molecule has 0 spiro atoms. The van der Waals surface area contributed by atoms with Crippen LogP contribution in [0.3, 0.4) is 0 Å². The van der Waals surface area contributed by atoms with Gasteiger partial charge in [0.25, 0.3) is 0 Å². The van der Waals surface area contributed by atoms with Gasteiger partial charge in [-0.3, -0.25) is 0 Å². The van der Waals surface area contributed by atoms with E-state index in [0.29, 0.717) is 0 Å². The average Bonchev–Trinajstić information content (AvgIpc) is 2.22. The van der Waals surface area contributed by atoms with Crippen molar-refractivity contribution in [1.29, 1.82) is 0 Å². The normalized spacial score (nSPS) is 14.1. The molecule has 0 bridgehead atoms. The van der Waals surface area contributed by atoms with E-state index in [2.05, 4.69) is 10.2 Å². The van der Waals surface area contributed by atoms with Crippen LogP contribution in [-0.4, -0.2) is 34.2 Å². The van der Waals surface area contributed by atoms with Crippen LogP contribution in [0.1, 0.15) is 69.2 Å². The van der Waals surface area contributed by atoms with Crippen LogP contribution in [0.25, 0.3) is 0 Å².